The second-order valence-corrected chi connectivity index (χ2v) is 9.66. The van der Waals surface area contributed by atoms with E-state index in [0.717, 1.165) is 43.2 Å². The van der Waals surface area contributed by atoms with E-state index in [1.165, 1.54) is 0 Å². The van der Waals surface area contributed by atoms with Gasteiger partial charge in [-0.3, -0.25) is 9.59 Å². The Morgan fingerprint density at radius 1 is 1.19 bits per heavy atom. The Kier molecular flexibility index (Phi) is 9.10. The predicted octanol–water partition coefficient (Wildman–Crippen LogP) is 4.25. The third-order valence-corrected chi connectivity index (χ3v) is 5.26. The van der Waals surface area contributed by atoms with Gasteiger partial charge < -0.3 is 20.3 Å². The molecule has 3 amide bonds. The van der Waals surface area contributed by atoms with E-state index < -0.39 is 23.8 Å². The van der Waals surface area contributed by atoms with Crippen LogP contribution in [0.25, 0.3) is 0 Å². The molecule has 1 saturated carbocycles. The number of nitrogens with zero attached hydrogens (tertiary/aromatic N) is 1. The summed E-state index contributed by atoms with van der Waals surface area (Å²) in [5.74, 6) is -0.468. The summed E-state index contributed by atoms with van der Waals surface area (Å²) in [4.78, 5) is 40.7. The normalized spacial score (nSPS) is 15.4. The second-order valence-electron chi connectivity index (χ2n) is 9.66. The average molecular weight is 446 g/mol. The van der Waals surface area contributed by atoms with Crippen molar-refractivity contribution in [3.63, 3.8) is 0 Å². The van der Waals surface area contributed by atoms with Crippen molar-refractivity contribution in [2.75, 3.05) is 6.54 Å². The van der Waals surface area contributed by atoms with Gasteiger partial charge in [-0.2, -0.15) is 0 Å². The van der Waals surface area contributed by atoms with E-state index in [0.29, 0.717) is 6.54 Å². The van der Waals surface area contributed by atoms with Crippen LogP contribution in [-0.2, 0) is 14.3 Å². The number of carbonyl (C=O) groups excluding carboxylic acids is 3. The Labute approximate surface area is 192 Å². The molecular weight excluding hydrogens is 406 g/mol. The molecule has 0 bridgehead atoms. The molecule has 1 aliphatic carbocycles. The van der Waals surface area contributed by atoms with Crippen molar-refractivity contribution in [2.24, 2.45) is 0 Å². The van der Waals surface area contributed by atoms with Gasteiger partial charge in [0, 0.05) is 12.6 Å². The minimum absolute atomic E-state index is 0.0164. The molecule has 0 aromatic heterocycles. The average Bonchev–Trinajstić information content (AvgIpc) is 3.52. The minimum atomic E-state index is -0.814. The lowest BCUT2D eigenvalue weighted by molar-refractivity contribution is -0.142. The van der Waals surface area contributed by atoms with Crippen molar-refractivity contribution < 1.29 is 19.1 Å². The maximum Gasteiger partial charge on any atom is 0.408 e. The highest BCUT2D eigenvalue weighted by molar-refractivity contribution is 5.92. The maximum absolute atomic E-state index is 13.5. The van der Waals surface area contributed by atoms with Gasteiger partial charge in [-0.25, -0.2) is 4.79 Å². The number of carbonyl (C=O) groups is 3. The van der Waals surface area contributed by atoms with Crippen LogP contribution < -0.4 is 10.6 Å². The smallest absolute Gasteiger partial charge is 0.408 e. The van der Waals surface area contributed by atoms with Gasteiger partial charge in [0.05, 0.1) is 0 Å². The zero-order chi connectivity index (χ0) is 23.9. The molecule has 0 heterocycles. The topological polar surface area (TPSA) is 87.7 Å². The molecule has 1 aromatic carbocycles. The highest BCUT2D eigenvalue weighted by atomic mass is 16.6. The lowest BCUT2D eigenvalue weighted by Gasteiger charge is -2.34. The molecule has 2 atom stereocenters. The van der Waals surface area contributed by atoms with Crippen molar-refractivity contribution in [2.45, 2.75) is 97.4 Å². The maximum atomic E-state index is 13.5. The number of aryl methyl sites for hydroxylation is 1. The van der Waals surface area contributed by atoms with E-state index in [9.17, 15) is 14.4 Å². The molecule has 178 valence electrons. The standard InChI is InChI=1S/C25H39N3O4/c1-7-8-9-15-26-22(29)21(19-12-10-11-17(2)16-19)28(20-13-14-20)23(30)18(3)27-24(31)32-25(4,5)6/h10-12,16,18,20-21H,7-9,13-15H2,1-6H3,(H,26,29)(H,27,31). The lowest BCUT2D eigenvalue weighted by atomic mass is 10.0. The third-order valence-electron chi connectivity index (χ3n) is 5.26. The highest BCUT2D eigenvalue weighted by Gasteiger charge is 2.43. The fraction of sp³-hybridized carbons (Fsp3) is 0.640. The number of hydrogen-bond donors (Lipinski definition) is 2. The molecule has 2 unspecified atom stereocenters. The minimum Gasteiger partial charge on any atom is -0.444 e. The third kappa shape index (κ3) is 7.84. The molecule has 1 aromatic rings. The molecule has 0 radical (unpaired) electrons. The van der Waals surface area contributed by atoms with Crippen LogP contribution in [0.1, 0.15) is 83.9 Å². The quantitative estimate of drug-likeness (QED) is 0.527. The molecule has 32 heavy (non-hydrogen) atoms. The predicted molar refractivity (Wildman–Crippen MR) is 125 cm³/mol. The van der Waals surface area contributed by atoms with E-state index in [2.05, 4.69) is 17.6 Å². The van der Waals surface area contributed by atoms with Gasteiger partial charge in [0.2, 0.25) is 11.8 Å². The van der Waals surface area contributed by atoms with Gasteiger partial charge in [0.25, 0.3) is 0 Å². The number of nitrogens with one attached hydrogen (secondary N) is 2. The van der Waals surface area contributed by atoms with Crippen molar-refractivity contribution >= 4 is 17.9 Å². The van der Waals surface area contributed by atoms with Crippen LogP contribution in [0.15, 0.2) is 24.3 Å². The monoisotopic (exact) mass is 445 g/mol. The van der Waals surface area contributed by atoms with Crippen molar-refractivity contribution in [1.82, 2.24) is 15.5 Å². The van der Waals surface area contributed by atoms with E-state index in [1.807, 2.05) is 31.2 Å². The first-order valence-electron chi connectivity index (χ1n) is 11.7. The summed E-state index contributed by atoms with van der Waals surface area (Å²) in [6.07, 6.45) is 4.05. The Morgan fingerprint density at radius 3 is 2.44 bits per heavy atom. The zero-order valence-corrected chi connectivity index (χ0v) is 20.4. The summed E-state index contributed by atoms with van der Waals surface area (Å²) in [6.45, 7) is 11.6. The Morgan fingerprint density at radius 2 is 1.88 bits per heavy atom. The Balaban J connectivity index is 2.25. The summed E-state index contributed by atoms with van der Waals surface area (Å²) in [5.41, 5.74) is 1.14. The first kappa shape index (κ1) is 25.7. The van der Waals surface area contributed by atoms with Gasteiger partial charge in [0.15, 0.2) is 0 Å². The van der Waals surface area contributed by atoms with Gasteiger partial charge >= 0.3 is 6.09 Å². The van der Waals surface area contributed by atoms with Crippen LogP contribution in [0, 0.1) is 6.92 Å². The molecule has 2 rings (SSSR count). The largest absolute Gasteiger partial charge is 0.444 e. The molecule has 1 aliphatic rings. The fourth-order valence-corrected chi connectivity index (χ4v) is 3.60. The van der Waals surface area contributed by atoms with Gasteiger partial charge in [0.1, 0.15) is 17.7 Å². The SMILES string of the molecule is CCCCCNC(=O)C(c1cccc(C)c1)N(C(=O)C(C)NC(=O)OC(C)(C)C)C1CC1. The summed E-state index contributed by atoms with van der Waals surface area (Å²) in [6, 6.07) is 6.14. The Hall–Kier alpha value is -2.57. The van der Waals surface area contributed by atoms with Crippen LogP contribution in [0.4, 0.5) is 4.79 Å². The van der Waals surface area contributed by atoms with Crippen LogP contribution in [-0.4, -0.2) is 47.0 Å². The summed E-state index contributed by atoms with van der Waals surface area (Å²) in [5, 5.41) is 5.65. The molecule has 0 aliphatic heterocycles. The number of amides is 3. The van der Waals surface area contributed by atoms with E-state index in [-0.39, 0.29) is 17.9 Å². The first-order valence-corrected chi connectivity index (χ1v) is 11.7. The van der Waals surface area contributed by atoms with E-state index in [4.69, 9.17) is 4.74 Å². The molecule has 1 fully saturated rings. The zero-order valence-electron chi connectivity index (χ0n) is 20.4. The summed E-state index contributed by atoms with van der Waals surface area (Å²) in [7, 11) is 0. The fourth-order valence-electron chi connectivity index (χ4n) is 3.60. The molecule has 0 saturated heterocycles. The molecule has 7 heteroatoms. The van der Waals surface area contributed by atoms with Gasteiger partial charge in [-0.15, -0.1) is 0 Å². The Bertz CT molecular complexity index is 799. The van der Waals surface area contributed by atoms with Crippen molar-refractivity contribution in [3.05, 3.63) is 35.4 Å². The summed E-state index contributed by atoms with van der Waals surface area (Å²) < 4.78 is 5.30. The number of alkyl carbamates (subject to hydrolysis) is 1. The lowest BCUT2D eigenvalue weighted by Crippen LogP contribution is -2.52. The number of benzene rings is 1. The number of ether oxygens (including phenoxy) is 1. The van der Waals surface area contributed by atoms with E-state index >= 15 is 0 Å². The molecule has 7 nitrogen and oxygen atoms in total. The first-order chi connectivity index (χ1) is 15.0. The van der Waals surface area contributed by atoms with Gasteiger partial charge in [-0.05, 0) is 59.4 Å². The van der Waals surface area contributed by atoms with Crippen LogP contribution >= 0.6 is 0 Å². The van der Waals surface area contributed by atoms with Gasteiger partial charge in [-0.1, -0.05) is 49.6 Å². The van der Waals surface area contributed by atoms with Crippen LogP contribution in [0.2, 0.25) is 0 Å². The van der Waals surface area contributed by atoms with Crippen molar-refractivity contribution in [3.8, 4) is 0 Å². The molecule has 0 spiro atoms. The number of rotatable bonds is 10. The van der Waals surface area contributed by atoms with Crippen LogP contribution in [0.5, 0.6) is 0 Å². The summed E-state index contributed by atoms with van der Waals surface area (Å²) >= 11 is 0. The molecule has 2 N–H and O–H groups in total. The van der Waals surface area contributed by atoms with Crippen LogP contribution in [0.3, 0.4) is 0 Å². The second kappa shape index (κ2) is 11.3. The molecular formula is C25H39N3O4. The number of unbranched alkanes of at least 4 members (excludes halogenated alkanes) is 2. The highest BCUT2D eigenvalue weighted by Crippen LogP contribution is 2.35. The van der Waals surface area contributed by atoms with Crippen molar-refractivity contribution in [1.29, 1.82) is 0 Å². The number of hydrogen-bond acceptors (Lipinski definition) is 4. The van der Waals surface area contributed by atoms with E-state index in [1.54, 1.807) is 32.6 Å².